The van der Waals surface area contributed by atoms with Gasteiger partial charge in [-0.25, -0.2) is 0 Å². The summed E-state index contributed by atoms with van der Waals surface area (Å²) < 4.78 is 0. The fourth-order valence-corrected chi connectivity index (χ4v) is 1.08. The quantitative estimate of drug-likeness (QED) is 0.436. The molecule has 0 amide bonds. The fraction of sp³-hybridized carbons (Fsp3) is 1.00. The molecule has 2 atom stereocenters. The summed E-state index contributed by atoms with van der Waals surface area (Å²) in [7, 11) is 5.53. The third-order valence-corrected chi connectivity index (χ3v) is 2.02. The van der Waals surface area contributed by atoms with Gasteiger partial charge in [0, 0.05) is 12.6 Å². The minimum atomic E-state index is 0.755. The molecule has 1 heterocycles. The summed E-state index contributed by atoms with van der Waals surface area (Å²) in [4.78, 5) is 0. The molecular weight excluding hydrogens is 109 g/mol. The normalized spacial score (nSPS) is 27.9. The van der Waals surface area contributed by atoms with Crippen LogP contribution in [0.4, 0.5) is 0 Å². The predicted molar refractivity (Wildman–Crippen MR) is 40.7 cm³/mol. The van der Waals surface area contributed by atoms with Gasteiger partial charge < -0.3 is 5.32 Å². The Hall–Kier alpha value is 0.0249. The lowest BCUT2D eigenvalue weighted by Gasteiger charge is -2.09. The van der Waals surface area contributed by atoms with Gasteiger partial charge in [-0.3, -0.25) is 0 Å². The van der Waals surface area contributed by atoms with Crippen molar-refractivity contribution in [2.75, 3.05) is 6.54 Å². The predicted octanol–water partition coefficient (Wildman–Crippen LogP) is 0.961. The van der Waals surface area contributed by atoms with E-state index in [4.69, 9.17) is 7.85 Å². The molecule has 0 spiro atoms. The molecule has 2 radical (unpaired) electrons. The maximum atomic E-state index is 5.53. The zero-order valence-electron chi connectivity index (χ0n) is 6.06. The van der Waals surface area contributed by atoms with Gasteiger partial charge in [-0.05, 0) is 12.3 Å². The van der Waals surface area contributed by atoms with Gasteiger partial charge >= 0.3 is 0 Å². The summed E-state index contributed by atoms with van der Waals surface area (Å²) >= 11 is 0. The third kappa shape index (κ3) is 2.40. The molecule has 1 fully saturated rings. The van der Waals surface area contributed by atoms with Gasteiger partial charge in [-0.1, -0.05) is 19.7 Å². The minimum Gasteiger partial charge on any atom is -0.311 e. The van der Waals surface area contributed by atoms with Crippen LogP contribution in [-0.4, -0.2) is 20.4 Å². The summed E-state index contributed by atoms with van der Waals surface area (Å²) in [5.41, 5.74) is 0. The van der Waals surface area contributed by atoms with Crippen molar-refractivity contribution in [3.63, 3.8) is 0 Å². The van der Waals surface area contributed by atoms with Crippen molar-refractivity contribution in [3.8, 4) is 0 Å². The van der Waals surface area contributed by atoms with Gasteiger partial charge in [0.05, 0.1) is 7.85 Å². The largest absolute Gasteiger partial charge is 0.311 e. The van der Waals surface area contributed by atoms with Crippen LogP contribution < -0.4 is 5.32 Å². The van der Waals surface area contributed by atoms with Crippen LogP contribution in [-0.2, 0) is 0 Å². The monoisotopic (exact) mass is 123 g/mol. The molecule has 0 aromatic rings. The van der Waals surface area contributed by atoms with E-state index in [0.717, 1.165) is 18.3 Å². The van der Waals surface area contributed by atoms with Gasteiger partial charge in [0.1, 0.15) is 0 Å². The van der Waals surface area contributed by atoms with Crippen molar-refractivity contribution in [2.45, 2.75) is 32.1 Å². The average Bonchev–Trinajstić information content (AvgIpc) is 2.66. The Labute approximate surface area is 58.6 Å². The van der Waals surface area contributed by atoms with Crippen molar-refractivity contribution in [2.24, 2.45) is 5.92 Å². The van der Waals surface area contributed by atoms with Gasteiger partial charge in [0.15, 0.2) is 0 Å². The Kier molecular flexibility index (Phi) is 2.58. The number of hydrogen-bond donors (Lipinski definition) is 1. The second-order valence-electron chi connectivity index (χ2n) is 2.85. The van der Waals surface area contributed by atoms with Gasteiger partial charge in [-0.15, -0.1) is 0 Å². The molecule has 1 N–H and O–H groups in total. The van der Waals surface area contributed by atoms with Gasteiger partial charge in [-0.2, -0.15) is 0 Å². The molecule has 50 valence electrons. The van der Waals surface area contributed by atoms with E-state index in [1.54, 1.807) is 0 Å². The van der Waals surface area contributed by atoms with Crippen LogP contribution in [0.2, 0.25) is 6.32 Å². The number of hydrogen-bond acceptors (Lipinski definition) is 1. The van der Waals surface area contributed by atoms with E-state index < -0.39 is 0 Å². The van der Waals surface area contributed by atoms with Crippen molar-refractivity contribution >= 4 is 7.85 Å². The van der Waals surface area contributed by atoms with Crippen LogP contribution in [0.3, 0.4) is 0 Å². The molecule has 1 aliphatic rings. The number of rotatable bonds is 4. The first-order valence-electron chi connectivity index (χ1n) is 3.80. The molecule has 0 aromatic carbocycles. The maximum absolute atomic E-state index is 5.53. The molecule has 0 aromatic heterocycles. The molecule has 1 aliphatic heterocycles. The Morgan fingerprint density at radius 1 is 1.78 bits per heavy atom. The first kappa shape index (κ1) is 7.14. The SMILES string of the molecule is [B]CC(CC)CC1CN1. The van der Waals surface area contributed by atoms with E-state index in [0.29, 0.717) is 0 Å². The molecule has 0 aliphatic carbocycles. The molecule has 1 rings (SSSR count). The molecule has 1 saturated heterocycles. The lowest BCUT2D eigenvalue weighted by Crippen LogP contribution is -2.03. The van der Waals surface area contributed by atoms with Crippen LogP contribution in [0.5, 0.6) is 0 Å². The van der Waals surface area contributed by atoms with Gasteiger partial charge in [0.25, 0.3) is 0 Å². The molecule has 0 saturated carbocycles. The highest BCUT2D eigenvalue weighted by molar-refractivity contribution is 6.08. The van der Waals surface area contributed by atoms with Crippen molar-refractivity contribution in [1.82, 2.24) is 5.32 Å². The maximum Gasteiger partial charge on any atom is 0.0656 e. The van der Waals surface area contributed by atoms with E-state index in [9.17, 15) is 0 Å². The summed E-state index contributed by atoms with van der Waals surface area (Å²) in [5, 5.41) is 3.28. The summed E-state index contributed by atoms with van der Waals surface area (Å²) in [5.74, 6) is 0.755. The zero-order chi connectivity index (χ0) is 6.69. The van der Waals surface area contributed by atoms with Crippen LogP contribution in [0, 0.1) is 5.92 Å². The molecule has 9 heavy (non-hydrogen) atoms. The molecular formula is C7H14BN. The smallest absolute Gasteiger partial charge is 0.0656 e. The van der Waals surface area contributed by atoms with Crippen LogP contribution in [0.15, 0.2) is 0 Å². The van der Waals surface area contributed by atoms with Crippen LogP contribution >= 0.6 is 0 Å². The summed E-state index contributed by atoms with van der Waals surface area (Å²) in [6, 6.07) is 0.804. The highest BCUT2D eigenvalue weighted by Gasteiger charge is 2.22. The topological polar surface area (TPSA) is 21.9 Å². The zero-order valence-corrected chi connectivity index (χ0v) is 6.06. The minimum absolute atomic E-state index is 0.755. The number of nitrogens with one attached hydrogen (secondary N) is 1. The molecule has 2 unspecified atom stereocenters. The highest BCUT2D eigenvalue weighted by atomic mass is 15.1. The van der Waals surface area contributed by atoms with Crippen molar-refractivity contribution in [1.29, 1.82) is 0 Å². The Bertz CT molecular complexity index is 77.0. The summed E-state index contributed by atoms with van der Waals surface area (Å²) in [6.07, 6.45) is 3.37. The Morgan fingerprint density at radius 3 is 2.78 bits per heavy atom. The van der Waals surface area contributed by atoms with Crippen LogP contribution in [0.1, 0.15) is 19.8 Å². The second-order valence-corrected chi connectivity index (χ2v) is 2.85. The third-order valence-electron chi connectivity index (χ3n) is 2.02. The van der Waals surface area contributed by atoms with E-state index in [-0.39, 0.29) is 0 Å². The van der Waals surface area contributed by atoms with E-state index >= 15 is 0 Å². The molecule has 2 heteroatoms. The lowest BCUT2D eigenvalue weighted by atomic mass is 9.86. The van der Waals surface area contributed by atoms with Gasteiger partial charge in [0.2, 0.25) is 0 Å². The Morgan fingerprint density at radius 2 is 2.44 bits per heavy atom. The lowest BCUT2D eigenvalue weighted by molar-refractivity contribution is 0.512. The van der Waals surface area contributed by atoms with Crippen LogP contribution in [0.25, 0.3) is 0 Å². The average molecular weight is 123 g/mol. The second kappa shape index (κ2) is 3.26. The van der Waals surface area contributed by atoms with E-state index in [1.807, 2.05) is 0 Å². The van der Waals surface area contributed by atoms with E-state index in [1.165, 1.54) is 19.4 Å². The molecule has 0 bridgehead atoms. The summed E-state index contributed by atoms with van der Waals surface area (Å²) in [6.45, 7) is 3.43. The van der Waals surface area contributed by atoms with E-state index in [2.05, 4.69) is 12.2 Å². The molecule has 1 nitrogen and oxygen atoms in total. The first-order chi connectivity index (χ1) is 4.36. The fourth-order valence-electron chi connectivity index (χ4n) is 1.08. The highest BCUT2D eigenvalue weighted by Crippen LogP contribution is 2.17. The Balaban J connectivity index is 2.05. The first-order valence-corrected chi connectivity index (χ1v) is 3.80. The standard InChI is InChI=1S/C7H14BN/c1-2-6(4-8)3-7-5-9-7/h6-7,9H,2-5H2,1H3. The van der Waals surface area contributed by atoms with Crippen molar-refractivity contribution in [3.05, 3.63) is 0 Å². The van der Waals surface area contributed by atoms with Crippen molar-refractivity contribution < 1.29 is 0 Å².